The summed E-state index contributed by atoms with van der Waals surface area (Å²) >= 11 is 0. The van der Waals surface area contributed by atoms with Gasteiger partial charge in [-0.25, -0.2) is 21.9 Å². The Kier molecular flexibility index (Phi) is 4.86. The predicted octanol–water partition coefficient (Wildman–Crippen LogP) is 2.20. The van der Waals surface area contributed by atoms with Crippen LogP contribution in [0, 0.1) is 11.6 Å². The molecule has 9 heteroatoms. The zero-order chi connectivity index (χ0) is 17.9. The number of hydrogen-bond donors (Lipinski definition) is 1. The molecule has 25 heavy (non-hydrogen) atoms. The van der Waals surface area contributed by atoms with Crippen LogP contribution in [0.2, 0.25) is 0 Å². The van der Waals surface area contributed by atoms with E-state index in [2.05, 4.69) is 14.8 Å². The van der Waals surface area contributed by atoms with Gasteiger partial charge in [0.2, 0.25) is 10.0 Å². The molecule has 1 N–H and O–H groups in total. The van der Waals surface area contributed by atoms with Crippen LogP contribution < -0.4 is 4.72 Å². The molecule has 0 unspecified atom stereocenters. The number of aromatic nitrogens is 3. The van der Waals surface area contributed by atoms with Gasteiger partial charge in [-0.3, -0.25) is 9.67 Å². The van der Waals surface area contributed by atoms with Gasteiger partial charge < -0.3 is 0 Å². The molecule has 3 aromatic rings. The SMILES string of the molecule is O=S(=O)(NCCn1ccc(-c2ccccn2)n1)c1c(F)cccc1F. The summed E-state index contributed by atoms with van der Waals surface area (Å²) in [5.41, 5.74) is 1.33. The van der Waals surface area contributed by atoms with Crippen molar-refractivity contribution in [1.82, 2.24) is 19.5 Å². The molecule has 3 rings (SSSR count). The second kappa shape index (κ2) is 7.08. The van der Waals surface area contributed by atoms with Gasteiger partial charge in [-0.15, -0.1) is 0 Å². The van der Waals surface area contributed by atoms with Crippen molar-refractivity contribution in [2.75, 3.05) is 6.54 Å². The number of nitrogens with zero attached hydrogens (tertiary/aromatic N) is 3. The van der Waals surface area contributed by atoms with E-state index >= 15 is 0 Å². The predicted molar refractivity (Wildman–Crippen MR) is 87.0 cm³/mol. The van der Waals surface area contributed by atoms with Crippen LogP contribution in [0.3, 0.4) is 0 Å². The third-order valence-corrected chi connectivity index (χ3v) is 4.90. The molecular formula is C16H14F2N4O2S. The summed E-state index contributed by atoms with van der Waals surface area (Å²) in [4.78, 5) is 3.19. The number of halogens is 2. The lowest BCUT2D eigenvalue weighted by Gasteiger charge is -2.08. The first kappa shape index (κ1) is 17.2. The normalized spacial score (nSPS) is 11.6. The van der Waals surface area contributed by atoms with Gasteiger partial charge in [0, 0.05) is 18.9 Å². The van der Waals surface area contributed by atoms with Crippen LogP contribution in [-0.2, 0) is 16.6 Å². The summed E-state index contributed by atoms with van der Waals surface area (Å²) in [6.45, 7) is 0.127. The summed E-state index contributed by atoms with van der Waals surface area (Å²) in [5, 5.41) is 4.28. The summed E-state index contributed by atoms with van der Waals surface area (Å²) in [6.07, 6.45) is 3.31. The van der Waals surface area contributed by atoms with Crippen molar-refractivity contribution in [2.24, 2.45) is 0 Å². The maximum absolute atomic E-state index is 13.6. The lowest BCUT2D eigenvalue weighted by Crippen LogP contribution is -2.29. The van der Waals surface area contributed by atoms with E-state index in [0.29, 0.717) is 11.4 Å². The minimum atomic E-state index is -4.29. The first-order valence-corrected chi connectivity index (χ1v) is 8.84. The number of sulfonamides is 1. The molecular weight excluding hydrogens is 350 g/mol. The molecule has 0 aliphatic heterocycles. The molecule has 0 amide bonds. The molecule has 0 aliphatic carbocycles. The van der Waals surface area contributed by atoms with Crippen LogP contribution in [-0.4, -0.2) is 29.7 Å². The Morgan fingerprint density at radius 2 is 1.76 bits per heavy atom. The highest BCUT2D eigenvalue weighted by Gasteiger charge is 2.23. The van der Waals surface area contributed by atoms with Crippen LogP contribution in [0.15, 0.2) is 59.8 Å². The summed E-state index contributed by atoms with van der Waals surface area (Å²) in [6, 6.07) is 10.1. The Labute approximate surface area is 143 Å². The molecule has 0 fully saturated rings. The average Bonchev–Trinajstić information content (AvgIpc) is 3.04. The summed E-state index contributed by atoms with van der Waals surface area (Å²) < 4.78 is 55.0. The second-order valence-corrected chi connectivity index (χ2v) is 6.83. The van der Waals surface area contributed by atoms with Gasteiger partial charge >= 0.3 is 0 Å². The van der Waals surface area contributed by atoms with Crippen molar-refractivity contribution in [3.8, 4) is 11.4 Å². The Hall–Kier alpha value is -2.65. The van der Waals surface area contributed by atoms with Crippen molar-refractivity contribution in [2.45, 2.75) is 11.4 Å². The van der Waals surface area contributed by atoms with E-state index in [9.17, 15) is 17.2 Å². The van der Waals surface area contributed by atoms with Gasteiger partial charge in [0.1, 0.15) is 17.3 Å². The Bertz CT molecular complexity index is 955. The average molecular weight is 364 g/mol. The van der Waals surface area contributed by atoms with Gasteiger partial charge in [0.05, 0.1) is 12.2 Å². The summed E-state index contributed by atoms with van der Waals surface area (Å²) in [5.74, 6) is -2.27. The van der Waals surface area contributed by atoms with Crippen LogP contribution >= 0.6 is 0 Å². The molecule has 0 saturated heterocycles. The smallest absolute Gasteiger partial charge is 0.246 e. The van der Waals surface area contributed by atoms with Crippen molar-refractivity contribution in [3.63, 3.8) is 0 Å². The Morgan fingerprint density at radius 1 is 1.00 bits per heavy atom. The molecule has 0 spiro atoms. The third kappa shape index (κ3) is 3.89. The zero-order valence-electron chi connectivity index (χ0n) is 12.9. The monoisotopic (exact) mass is 364 g/mol. The highest BCUT2D eigenvalue weighted by molar-refractivity contribution is 7.89. The van der Waals surface area contributed by atoms with Crippen LogP contribution in [0.4, 0.5) is 8.78 Å². The fraction of sp³-hybridized carbons (Fsp3) is 0.125. The van der Waals surface area contributed by atoms with Gasteiger partial charge in [-0.1, -0.05) is 12.1 Å². The Balaban J connectivity index is 1.66. The van der Waals surface area contributed by atoms with Crippen LogP contribution in [0.5, 0.6) is 0 Å². The number of nitrogens with one attached hydrogen (secondary N) is 1. The number of rotatable bonds is 6. The molecule has 130 valence electrons. The van der Waals surface area contributed by atoms with Gasteiger partial charge in [0.25, 0.3) is 0 Å². The summed E-state index contributed by atoms with van der Waals surface area (Å²) in [7, 11) is -4.29. The fourth-order valence-corrected chi connectivity index (χ4v) is 3.40. The standard InChI is InChI=1S/C16H14F2N4O2S/c17-12-4-3-5-13(18)16(12)25(23,24)20-9-11-22-10-7-15(21-22)14-6-1-2-8-19-14/h1-8,10,20H,9,11H2. The third-order valence-electron chi connectivity index (χ3n) is 3.39. The molecule has 0 saturated carbocycles. The molecule has 0 aliphatic rings. The second-order valence-electron chi connectivity index (χ2n) is 5.13. The van der Waals surface area contributed by atoms with E-state index in [0.717, 1.165) is 18.2 Å². The van der Waals surface area contributed by atoms with E-state index in [4.69, 9.17) is 0 Å². The van der Waals surface area contributed by atoms with E-state index in [-0.39, 0.29) is 13.1 Å². The van der Waals surface area contributed by atoms with E-state index < -0.39 is 26.6 Å². The molecule has 6 nitrogen and oxygen atoms in total. The first-order chi connectivity index (χ1) is 12.0. The molecule has 0 atom stereocenters. The Morgan fingerprint density at radius 3 is 2.44 bits per heavy atom. The molecule has 0 radical (unpaired) electrons. The maximum Gasteiger partial charge on any atom is 0.246 e. The lowest BCUT2D eigenvalue weighted by atomic mass is 10.3. The topological polar surface area (TPSA) is 76.9 Å². The maximum atomic E-state index is 13.6. The fourth-order valence-electron chi connectivity index (χ4n) is 2.24. The number of pyridine rings is 1. The minimum Gasteiger partial charge on any atom is -0.271 e. The van der Waals surface area contributed by atoms with Crippen molar-refractivity contribution >= 4 is 10.0 Å². The molecule has 2 aromatic heterocycles. The highest BCUT2D eigenvalue weighted by Crippen LogP contribution is 2.18. The van der Waals surface area contributed by atoms with E-state index in [1.165, 1.54) is 4.68 Å². The first-order valence-electron chi connectivity index (χ1n) is 7.36. The van der Waals surface area contributed by atoms with Crippen molar-refractivity contribution in [3.05, 3.63) is 66.5 Å². The van der Waals surface area contributed by atoms with Gasteiger partial charge in [-0.2, -0.15) is 5.10 Å². The zero-order valence-corrected chi connectivity index (χ0v) is 13.7. The van der Waals surface area contributed by atoms with Crippen LogP contribution in [0.25, 0.3) is 11.4 Å². The van der Waals surface area contributed by atoms with Gasteiger partial charge in [0.15, 0.2) is 4.90 Å². The van der Waals surface area contributed by atoms with Gasteiger partial charge in [-0.05, 0) is 30.3 Å². The molecule has 0 bridgehead atoms. The van der Waals surface area contributed by atoms with Crippen LogP contribution in [0.1, 0.15) is 0 Å². The van der Waals surface area contributed by atoms with Crippen molar-refractivity contribution in [1.29, 1.82) is 0 Å². The molecule has 2 heterocycles. The van der Waals surface area contributed by atoms with Crippen molar-refractivity contribution < 1.29 is 17.2 Å². The lowest BCUT2D eigenvalue weighted by molar-refractivity contribution is 0.510. The molecule has 1 aromatic carbocycles. The quantitative estimate of drug-likeness (QED) is 0.727. The number of benzene rings is 1. The van der Waals surface area contributed by atoms with E-state index in [1.807, 2.05) is 6.07 Å². The van der Waals surface area contributed by atoms with E-state index in [1.54, 1.807) is 30.6 Å². The largest absolute Gasteiger partial charge is 0.271 e. The number of hydrogen-bond acceptors (Lipinski definition) is 4. The minimum absolute atomic E-state index is 0.0700. The highest BCUT2D eigenvalue weighted by atomic mass is 32.2.